The largest absolute Gasteiger partial charge is 0.482 e. The lowest BCUT2D eigenvalue weighted by Gasteiger charge is -2.13. The van der Waals surface area contributed by atoms with E-state index in [-0.39, 0.29) is 25.0 Å². The molecule has 0 aliphatic carbocycles. The van der Waals surface area contributed by atoms with Crippen LogP contribution in [-0.2, 0) is 20.9 Å². The van der Waals surface area contributed by atoms with Crippen LogP contribution in [0.1, 0.15) is 30.9 Å². The summed E-state index contributed by atoms with van der Waals surface area (Å²) in [5.74, 6) is -0.0476. The van der Waals surface area contributed by atoms with Gasteiger partial charge >= 0.3 is 5.97 Å². The predicted molar refractivity (Wildman–Crippen MR) is 100 cm³/mol. The van der Waals surface area contributed by atoms with Crippen LogP contribution in [0.4, 0.5) is 0 Å². The number of ether oxygens (including phenoxy) is 2. The molecule has 2 aromatic carbocycles. The number of rotatable bonds is 8. The number of carbonyl (C=O) groups is 2. The van der Waals surface area contributed by atoms with Crippen molar-refractivity contribution in [1.29, 1.82) is 0 Å². The third-order valence-corrected chi connectivity index (χ3v) is 3.91. The molecule has 0 aliphatic heterocycles. The van der Waals surface area contributed by atoms with Gasteiger partial charge in [-0.05, 0) is 35.2 Å². The zero-order valence-corrected chi connectivity index (χ0v) is 15.6. The molecule has 1 N–H and O–H groups in total. The highest BCUT2D eigenvalue weighted by Gasteiger charge is 2.11. The molecule has 1 amide bonds. The summed E-state index contributed by atoms with van der Waals surface area (Å²) in [6.07, 6.45) is 0. The molecule has 5 nitrogen and oxygen atoms in total. The van der Waals surface area contributed by atoms with Crippen LogP contribution in [0.25, 0.3) is 0 Å². The summed E-state index contributed by atoms with van der Waals surface area (Å²) in [5.41, 5.74) is 1.92. The number of esters is 1. The average Bonchev–Trinajstić information content (AvgIpc) is 2.64. The quantitative estimate of drug-likeness (QED) is 0.714. The van der Waals surface area contributed by atoms with E-state index < -0.39 is 5.97 Å². The molecule has 0 saturated heterocycles. The highest BCUT2D eigenvalue weighted by molar-refractivity contribution is 6.30. The van der Waals surface area contributed by atoms with E-state index in [1.807, 2.05) is 44.2 Å². The summed E-state index contributed by atoms with van der Waals surface area (Å²) in [6.45, 7) is 3.85. The van der Waals surface area contributed by atoms with Crippen molar-refractivity contribution in [3.05, 3.63) is 64.7 Å². The van der Waals surface area contributed by atoms with Gasteiger partial charge in [-0.3, -0.25) is 4.79 Å². The lowest BCUT2D eigenvalue weighted by molar-refractivity contribution is -0.150. The monoisotopic (exact) mass is 375 g/mol. The van der Waals surface area contributed by atoms with Crippen LogP contribution >= 0.6 is 11.6 Å². The number of benzene rings is 2. The van der Waals surface area contributed by atoms with E-state index in [9.17, 15) is 9.59 Å². The van der Waals surface area contributed by atoms with Crippen LogP contribution in [0.15, 0.2) is 48.5 Å². The molecule has 2 aromatic rings. The van der Waals surface area contributed by atoms with E-state index in [2.05, 4.69) is 5.32 Å². The molecule has 26 heavy (non-hydrogen) atoms. The molecule has 0 aliphatic rings. The van der Waals surface area contributed by atoms with Crippen LogP contribution < -0.4 is 10.1 Å². The van der Waals surface area contributed by atoms with Gasteiger partial charge in [-0.1, -0.05) is 55.8 Å². The Kier molecular flexibility index (Phi) is 7.48. The zero-order chi connectivity index (χ0) is 18.9. The van der Waals surface area contributed by atoms with Crippen LogP contribution in [0.5, 0.6) is 5.75 Å². The van der Waals surface area contributed by atoms with Gasteiger partial charge in [-0.25, -0.2) is 4.79 Å². The van der Waals surface area contributed by atoms with Crippen molar-refractivity contribution in [3.63, 3.8) is 0 Å². The minimum absolute atomic E-state index is 0.242. The fourth-order valence-electron chi connectivity index (χ4n) is 2.27. The van der Waals surface area contributed by atoms with E-state index in [1.165, 1.54) is 0 Å². The van der Waals surface area contributed by atoms with Crippen LogP contribution in [0.2, 0.25) is 5.02 Å². The van der Waals surface area contributed by atoms with Gasteiger partial charge in [0.1, 0.15) is 5.75 Å². The molecule has 0 bridgehead atoms. The summed E-state index contributed by atoms with van der Waals surface area (Å²) < 4.78 is 10.5. The maximum atomic E-state index is 11.8. The molecule has 6 heteroatoms. The number of carbonyl (C=O) groups excluding carboxylic acids is 2. The van der Waals surface area contributed by atoms with Gasteiger partial charge in [0.25, 0.3) is 5.91 Å². The van der Waals surface area contributed by atoms with Crippen LogP contribution in [0, 0.1) is 0 Å². The molecule has 0 saturated carbocycles. The van der Waals surface area contributed by atoms with Gasteiger partial charge in [-0.15, -0.1) is 0 Å². The minimum atomic E-state index is -0.592. The van der Waals surface area contributed by atoms with Crippen molar-refractivity contribution in [2.45, 2.75) is 26.3 Å². The van der Waals surface area contributed by atoms with Crippen LogP contribution in [0.3, 0.4) is 0 Å². The summed E-state index contributed by atoms with van der Waals surface area (Å²) in [5, 5.41) is 3.30. The maximum Gasteiger partial charge on any atom is 0.344 e. The molecule has 0 aromatic heterocycles. The van der Waals surface area contributed by atoms with Gasteiger partial charge in [0, 0.05) is 11.6 Å². The fourth-order valence-corrected chi connectivity index (χ4v) is 2.39. The molecule has 0 fully saturated rings. The van der Waals surface area contributed by atoms with Gasteiger partial charge in [0.05, 0.1) is 0 Å². The SMILES string of the molecule is CC(C)c1ccccc1OCC(=O)OCC(=O)NCc1ccc(Cl)cc1. The Morgan fingerprint density at radius 1 is 1.04 bits per heavy atom. The second-order valence-corrected chi connectivity index (χ2v) is 6.48. The highest BCUT2D eigenvalue weighted by atomic mass is 35.5. The lowest BCUT2D eigenvalue weighted by atomic mass is 10.0. The van der Waals surface area contributed by atoms with E-state index in [4.69, 9.17) is 21.1 Å². The number of hydrogen-bond acceptors (Lipinski definition) is 4. The first-order valence-electron chi connectivity index (χ1n) is 8.34. The summed E-state index contributed by atoms with van der Waals surface area (Å²) >= 11 is 5.80. The van der Waals surface area contributed by atoms with Crippen molar-refractivity contribution in [2.24, 2.45) is 0 Å². The Morgan fingerprint density at radius 2 is 1.73 bits per heavy atom. The highest BCUT2D eigenvalue weighted by Crippen LogP contribution is 2.25. The third-order valence-electron chi connectivity index (χ3n) is 3.65. The van der Waals surface area contributed by atoms with E-state index in [0.717, 1.165) is 11.1 Å². The normalized spacial score (nSPS) is 10.5. The third kappa shape index (κ3) is 6.41. The van der Waals surface area contributed by atoms with Gasteiger partial charge in [0.15, 0.2) is 13.2 Å². The second kappa shape index (κ2) is 9.82. The maximum absolute atomic E-state index is 11.8. The van der Waals surface area contributed by atoms with Gasteiger partial charge in [-0.2, -0.15) is 0 Å². The molecule has 0 heterocycles. The van der Waals surface area contributed by atoms with Gasteiger partial charge in [0.2, 0.25) is 0 Å². The predicted octanol–water partition coefficient (Wildman–Crippen LogP) is 3.70. The molecule has 0 atom stereocenters. The Hall–Kier alpha value is -2.53. The van der Waals surface area contributed by atoms with Crippen molar-refractivity contribution in [1.82, 2.24) is 5.32 Å². The standard InChI is InChI=1S/C20H22ClNO4/c1-14(2)17-5-3-4-6-18(17)25-13-20(24)26-12-19(23)22-11-15-7-9-16(21)10-8-15/h3-10,14H,11-13H2,1-2H3,(H,22,23). The number of hydrogen-bond donors (Lipinski definition) is 1. The Balaban J connectivity index is 1.71. The molecule has 0 radical (unpaired) electrons. The average molecular weight is 376 g/mol. The smallest absolute Gasteiger partial charge is 0.344 e. The number of amides is 1. The first kappa shape index (κ1) is 19.8. The molecular weight excluding hydrogens is 354 g/mol. The lowest BCUT2D eigenvalue weighted by Crippen LogP contribution is -2.29. The number of nitrogens with one attached hydrogen (secondary N) is 1. The summed E-state index contributed by atoms with van der Waals surface area (Å²) in [7, 11) is 0. The summed E-state index contributed by atoms with van der Waals surface area (Å²) in [6, 6.07) is 14.6. The zero-order valence-electron chi connectivity index (χ0n) is 14.8. The topological polar surface area (TPSA) is 64.6 Å². The summed E-state index contributed by atoms with van der Waals surface area (Å²) in [4.78, 5) is 23.5. The van der Waals surface area contributed by atoms with Crippen molar-refractivity contribution in [3.8, 4) is 5.75 Å². The van der Waals surface area contributed by atoms with Gasteiger partial charge < -0.3 is 14.8 Å². The van der Waals surface area contributed by atoms with Crippen molar-refractivity contribution in [2.75, 3.05) is 13.2 Å². The van der Waals surface area contributed by atoms with Crippen molar-refractivity contribution < 1.29 is 19.1 Å². The Labute approximate surface area is 158 Å². The number of halogens is 1. The molecule has 138 valence electrons. The first-order valence-corrected chi connectivity index (χ1v) is 8.72. The number of para-hydroxylation sites is 1. The van der Waals surface area contributed by atoms with E-state index >= 15 is 0 Å². The Morgan fingerprint density at radius 3 is 2.42 bits per heavy atom. The van der Waals surface area contributed by atoms with E-state index in [1.54, 1.807) is 18.2 Å². The van der Waals surface area contributed by atoms with Crippen LogP contribution in [-0.4, -0.2) is 25.1 Å². The minimum Gasteiger partial charge on any atom is -0.482 e. The second-order valence-electron chi connectivity index (χ2n) is 6.05. The fraction of sp³-hybridized carbons (Fsp3) is 0.300. The molecule has 0 unspecified atom stereocenters. The first-order chi connectivity index (χ1) is 12.5. The molecule has 0 spiro atoms. The molecular formula is C20H22ClNO4. The van der Waals surface area contributed by atoms with E-state index in [0.29, 0.717) is 17.3 Å². The molecule has 2 rings (SSSR count). The van der Waals surface area contributed by atoms with Crippen molar-refractivity contribution >= 4 is 23.5 Å². The Bertz CT molecular complexity index is 744.